The third-order valence-electron chi connectivity index (χ3n) is 5.54. The van der Waals surface area contributed by atoms with Gasteiger partial charge < -0.3 is 10.4 Å². The minimum atomic E-state index is -0.679. The number of amides is 1. The van der Waals surface area contributed by atoms with Gasteiger partial charge in [-0.15, -0.1) is 0 Å². The normalized spacial score (nSPS) is 23.6. The lowest BCUT2D eigenvalue weighted by Crippen LogP contribution is -2.50. The molecule has 1 heterocycles. The molecule has 5 heteroatoms. The quantitative estimate of drug-likeness (QED) is 0.824. The van der Waals surface area contributed by atoms with Crippen LogP contribution in [0.5, 0.6) is 5.75 Å². The third kappa shape index (κ3) is 4.32. The number of hydrogen-bond donors (Lipinski definition) is 2. The van der Waals surface area contributed by atoms with Gasteiger partial charge in [0.2, 0.25) is 5.91 Å². The number of nitrogens with zero attached hydrogens (tertiary/aromatic N) is 2. The zero-order valence-corrected chi connectivity index (χ0v) is 14.7. The first-order valence-corrected chi connectivity index (χ1v) is 9.37. The van der Waals surface area contributed by atoms with Gasteiger partial charge in [-0.05, 0) is 49.9 Å². The van der Waals surface area contributed by atoms with Gasteiger partial charge in [0.1, 0.15) is 11.3 Å². The van der Waals surface area contributed by atoms with Crippen molar-refractivity contribution in [3.8, 4) is 11.8 Å². The molecule has 0 radical (unpaired) electrons. The van der Waals surface area contributed by atoms with Crippen molar-refractivity contribution in [3.63, 3.8) is 0 Å². The second-order valence-corrected chi connectivity index (χ2v) is 7.38. The smallest absolute Gasteiger partial charge is 0.235 e. The van der Waals surface area contributed by atoms with Crippen molar-refractivity contribution in [3.05, 3.63) is 29.8 Å². The predicted molar refractivity (Wildman–Crippen MR) is 95.8 cm³/mol. The fourth-order valence-corrected chi connectivity index (χ4v) is 4.18. The summed E-state index contributed by atoms with van der Waals surface area (Å²) >= 11 is 0. The molecular formula is C20H27N3O2. The molecule has 1 amide bonds. The number of phenolic OH excluding ortho intramolecular Hbond substituents is 1. The summed E-state index contributed by atoms with van der Waals surface area (Å²) in [7, 11) is 0. The fraction of sp³-hybridized carbons (Fsp3) is 0.600. The molecule has 5 nitrogen and oxygen atoms in total. The van der Waals surface area contributed by atoms with Gasteiger partial charge in [-0.25, -0.2) is 0 Å². The van der Waals surface area contributed by atoms with E-state index >= 15 is 0 Å². The van der Waals surface area contributed by atoms with Crippen LogP contribution in [0.3, 0.4) is 0 Å². The minimum absolute atomic E-state index is 0.0471. The molecule has 1 aliphatic carbocycles. The van der Waals surface area contributed by atoms with Crippen molar-refractivity contribution in [2.75, 3.05) is 13.1 Å². The van der Waals surface area contributed by atoms with E-state index in [1.165, 1.54) is 0 Å². The molecule has 1 atom stereocenters. The third-order valence-corrected chi connectivity index (χ3v) is 5.54. The van der Waals surface area contributed by atoms with Gasteiger partial charge in [0.25, 0.3) is 0 Å². The maximum atomic E-state index is 12.6. The molecule has 2 N–H and O–H groups in total. The van der Waals surface area contributed by atoms with Gasteiger partial charge in [-0.2, -0.15) is 5.26 Å². The maximum absolute atomic E-state index is 12.6. The lowest BCUT2D eigenvalue weighted by atomic mass is 9.92. The van der Waals surface area contributed by atoms with Crippen LogP contribution in [0.15, 0.2) is 24.3 Å². The summed E-state index contributed by atoms with van der Waals surface area (Å²) < 4.78 is 0. The van der Waals surface area contributed by atoms with E-state index in [-0.39, 0.29) is 17.7 Å². The van der Waals surface area contributed by atoms with E-state index in [9.17, 15) is 15.2 Å². The van der Waals surface area contributed by atoms with Crippen molar-refractivity contribution < 1.29 is 9.90 Å². The second kappa shape index (κ2) is 7.88. The molecule has 0 bridgehead atoms. The average molecular weight is 341 g/mol. The number of carbonyl (C=O) groups is 1. The topological polar surface area (TPSA) is 76.4 Å². The first-order chi connectivity index (χ1) is 12.1. The Morgan fingerprint density at radius 2 is 1.88 bits per heavy atom. The number of carbonyl (C=O) groups excluding carboxylic acids is 1. The molecule has 1 aromatic carbocycles. The van der Waals surface area contributed by atoms with Crippen LogP contribution in [0.1, 0.15) is 63.0 Å². The zero-order valence-electron chi connectivity index (χ0n) is 14.7. The molecule has 1 saturated heterocycles. The molecule has 1 aliphatic heterocycles. The van der Waals surface area contributed by atoms with Crippen LogP contribution in [0.2, 0.25) is 0 Å². The van der Waals surface area contributed by atoms with E-state index in [4.69, 9.17) is 0 Å². The van der Waals surface area contributed by atoms with E-state index in [2.05, 4.69) is 16.3 Å². The number of benzene rings is 1. The van der Waals surface area contributed by atoms with Crippen LogP contribution >= 0.6 is 0 Å². The molecule has 0 unspecified atom stereocenters. The highest BCUT2D eigenvalue weighted by molar-refractivity contribution is 5.79. The number of rotatable bonds is 4. The summed E-state index contributed by atoms with van der Waals surface area (Å²) in [5.74, 6) is 0.212. The van der Waals surface area contributed by atoms with Crippen molar-refractivity contribution in [1.82, 2.24) is 10.2 Å². The predicted octanol–water partition coefficient (Wildman–Crippen LogP) is 3.26. The highest BCUT2D eigenvalue weighted by Gasteiger charge is 2.34. The molecule has 0 aromatic heterocycles. The minimum Gasteiger partial charge on any atom is -0.508 e. The molecule has 2 aliphatic rings. The first-order valence-electron chi connectivity index (χ1n) is 9.37. The van der Waals surface area contributed by atoms with Gasteiger partial charge in [-0.1, -0.05) is 37.8 Å². The van der Waals surface area contributed by atoms with Crippen molar-refractivity contribution >= 4 is 5.91 Å². The van der Waals surface area contributed by atoms with E-state index in [1.54, 1.807) is 12.1 Å². The maximum Gasteiger partial charge on any atom is 0.235 e. The van der Waals surface area contributed by atoms with Crippen LogP contribution < -0.4 is 5.32 Å². The van der Waals surface area contributed by atoms with Crippen LogP contribution in [0, 0.1) is 11.3 Å². The highest BCUT2D eigenvalue weighted by atomic mass is 16.3. The molecule has 3 rings (SSSR count). The summed E-state index contributed by atoms with van der Waals surface area (Å²) in [6.07, 6.45) is 7.90. The Labute approximate surface area is 149 Å². The van der Waals surface area contributed by atoms with E-state index in [0.717, 1.165) is 63.5 Å². The second-order valence-electron chi connectivity index (χ2n) is 7.38. The van der Waals surface area contributed by atoms with Crippen LogP contribution in [0.25, 0.3) is 0 Å². The molecule has 0 spiro atoms. The van der Waals surface area contributed by atoms with Crippen LogP contribution in [-0.2, 0) is 4.79 Å². The average Bonchev–Trinajstić information content (AvgIpc) is 2.93. The monoisotopic (exact) mass is 341 g/mol. The Balaban J connectivity index is 1.63. The number of nitrogens with one attached hydrogen (secondary N) is 1. The summed E-state index contributed by atoms with van der Waals surface area (Å²) in [6, 6.07) is 9.84. The largest absolute Gasteiger partial charge is 0.508 e. The summed E-state index contributed by atoms with van der Waals surface area (Å²) in [4.78, 5) is 14.8. The van der Waals surface area contributed by atoms with Gasteiger partial charge in [-0.3, -0.25) is 9.69 Å². The van der Waals surface area contributed by atoms with Gasteiger partial charge in [0.15, 0.2) is 0 Å². The Morgan fingerprint density at radius 1 is 1.20 bits per heavy atom. The Hall–Kier alpha value is -2.06. The molecule has 1 aromatic rings. The molecule has 25 heavy (non-hydrogen) atoms. The van der Waals surface area contributed by atoms with Crippen LogP contribution in [0.4, 0.5) is 0 Å². The SMILES string of the molecule is N#CC1(NC(=O)CN2CCC[C@H]2c2ccc(O)cc2)CCCCCC1. The Kier molecular flexibility index (Phi) is 5.60. The molecule has 134 valence electrons. The Bertz CT molecular complexity index is 627. The lowest BCUT2D eigenvalue weighted by Gasteiger charge is -2.29. The molecular weight excluding hydrogens is 314 g/mol. The molecule has 2 fully saturated rings. The number of aromatic hydroxyl groups is 1. The number of hydrogen-bond acceptors (Lipinski definition) is 4. The summed E-state index contributed by atoms with van der Waals surface area (Å²) in [5, 5.41) is 22.1. The van der Waals surface area contributed by atoms with Crippen LogP contribution in [-0.4, -0.2) is 34.5 Å². The Morgan fingerprint density at radius 3 is 2.52 bits per heavy atom. The highest BCUT2D eigenvalue weighted by Crippen LogP contribution is 2.32. The number of likely N-dealkylation sites (tertiary alicyclic amines) is 1. The van der Waals surface area contributed by atoms with Crippen molar-refractivity contribution in [1.29, 1.82) is 5.26 Å². The van der Waals surface area contributed by atoms with E-state index < -0.39 is 5.54 Å². The number of nitriles is 1. The zero-order chi connectivity index (χ0) is 17.7. The number of phenols is 1. The molecule has 1 saturated carbocycles. The first kappa shape index (κ1) is 17.8. The van der Waals surface area contributed by atoms with Gasteiger partial charge in [0.05, 0.1) is 12.6 Å². The lowest BCUT2D eigenvalue weighted by molar-refractivity contribution is -0.124. The standard InChI is InChI=1S/C20H27N3O2/c21-15-20(11-3-1-2-4-12-20)22-19(25)14-23-13-5-6-18(23)16-7-9-17(24)10-8-16/h7-10,18,24H,1-6,11-14H2,(H,22,25)/t18-/m0/s1. The van der Waals surface area contributed by atoms with Gasteiger partial charge >= 0.3 is 0 Å². The van der Waals surface area contributed by atoms with Crippen molar-refractivity contribution in [2.24, 2.45) is 0 Å². The summed E-state index contributed by atoms with van der Waals surface area (Å²) in [6.45, 7) is 1.22. The fourth-order valence-electron chi connectivity index (χ4n) is 4.18. The van der Waals surface area contributed by atoms with E-state index in [0.29, 0.717) is 6.54 Å². The summed E-state index contributed by atoms with van der Waals surface area (Å²) in [5.41, 5.74) is 0.453. The van der Waals surface area contributed by atoms with E-state index in [1.807, 2.05) is 12.1 Å². The van der Waals surface area contributed by atoms with Crippen molar-refractivity contribution in [2.45, 2.75) is 62.9 Å². The van der Waals surface area contributed by atoms with Gasteiger partial charge in [0, 0.05) is 6.04 Å².